The molecule has 0 radical (unpaired) electrons. The Hall–Kier alpha value is -4.34. The number of nitrogens with zero attached hydrogens (tertiary/aromatic N) is 3. The lowest BCUT2D eigenvalue weighted by molar-refractivity contribution is -0.146. The molecule has 10 nitrogen and oxygen atoms in total. The van der Waals surface area contributed by atoms with Crippen LogP contribution in [0.5, 0.6) is 0 Å². The highest BCUT2D eigenvalue weighted by atomic mass is 35.5. The highest BCUT2D eigenvalue weighted by molar-refractivity contribution is 6.30. The summed E-state index contributed by atoms with van der Waals surface area (Å²) in [7, 11) is 0. The minimum atomic E-state index is -4.77. The molecule has 238 valence electrons. The van der Waals surface area contributed by atoms with Crippen LogP contribution in [0.3, 0.4) is 0 Å². The Morgan fingerprint density at radius 1 is 1.00 bits per heavy atom. The monoisotopic (exact) mass is 649 g/mol. The van der Waals surface area contributed by atoms with Gasteiger partial charge in [0.2, 0.25) is 11.8 Å². The van der Waals surface area contributed by atoms with Gasteiger partial charge in [0.15, 0.2) is 5.82 Å². The first-order valence-corrected chi connectivity index (χ1v) is 13.2. The summed E-state index contributed by atoms with van der Waals surface area (Å²) in [5, 5.41) is 18.1. The van der Waals surface area contributed by atoms with E-state index in [4.69, 9.17) is 11.6 Å². The standard InChI is InChI=1S/C27H26ClF6N5O5/c1-25(2,23(42)43)36-20(40)13-19(16-4-3-5-17(12-16)27(32,33)34)35-21(41)14-39-24(44)38(11-10-26(29,30)31)22(37-39)15-6-8-18(28)9-7-15/h3-9,12,19H,10-11,13-14H2,1-2H3,(H,35,41)(H,36,40)(H,42,43). The fraction of sp³-hybridized carbons (Fsp3) is 0.370. The highest BCUT2D eigenvalue weighted by Crippen LogP contribution is 2.31. The minimum absolute atomic E-state index is 0.165. The molecule has 0 bridgehead atoms. The zero-order chi connectivity index (χ0) is 33.0. The molecule has 1 aromatic heterocycles. The lowest BCUT2D eigenvalue weighted by atomic mass is 9.99. The Morgan fingerprint density at radius 2 is 1.64 bits per heavy atom. The van der Waals surface area contributed by atoms with Crippen molar-refractivity contribution in [3.05, 3.63) is 75.2 Å². The highest BCUT2D eigenvalue weighted by Gasteiger charge is 2.33. The summed E-state index contributed by atoms with van der Waals surface area (Å²) in [5.41, 5.74) is -3.87. The second kappa shape index (κ2) is 13.1. The average molecular weight is 650 g/mol. The first kappa shape index (κ1) is 34.2. The molecular weight excluding hydrogens is 624 g/mol. The Labute approximate surface area is 250 Å². The number of rotatable bonds is 11. The van der Waals surface area contributed by atoms with Gasteiger partial charge in [0.05, 0.1) is 24.4 Å². The molecule has 44 heavy (non-hydrogen) atoms. The number of halogens is 7. The topological polar surface area (TPSA) is 135 Å². The molecule has 0 aliphatic rings. The van der Waals surface area contributed by atoms with E-state index >= 15 is 0 Å². The minimum Gasteiger partial charge on any atom is -0.480 e. The average Bonchev–Trinajstić information content (AvgIpc) is 3.20. The van der Waals surface area contributed by atoms with Crippen LogP contribution in [0.1, 0.15) is 43.9 Å². The van der Waals surface area contributed by atoms with E-state index in [1.807, 2.05) is 0 Å². The summed E-state index contributed by atoms with van der Waals surface area (Å²) in [6, 6.07) is 7.90. The van der Waals surface area contributed by atoms with Crippen molar-refractivity contribution in [2.45, 2.75) is 63.7 Å². The SMILES string of the molecule is CC(C)(NC(=O)CC(NC(=O)Cn1nc(-c2ccc(Cl)cc2)n(CCC(F)(F)F)c1=O)c1cccc(C(F)(F)F)c1)C(=O)O. The molecule has 1 heterocycles. The van der Waals surface area contributed by atoms with E-state index < -0.39 is 78.9 Å². The van der Waals surface area contributed by atoms with Gasteiger partial charge in [-0.2, -0.15) is 26.3 Å². The predicted octanol–water partition coefficient (Wildman–Crippen LogP) is 4.56. The van der Waals surface area contributed by atoms with Gasteiger partial charge < -0.3 is 15.7 Å². The number of carboxylic acid groups (broad SMARTS) is 1. The van der Waals surface area contributed by atoms with E-state index in [0.29, 0.717) is 15.8 Å². The van der Waals surface area contributed by atoms with E-state index in [1.54, 1.807) is 0 Å². The number of nitrogens with one attached hydrogen (secondary N) is 2. The quantitative estimate of drug-likeness (QED) is 0.261. The molecule has 3 aromatic rings. The maximum Gasteiger partial charge on any atom is 0.416 e. The number of aliphatic carboxylic acids is 1. The molecule has 3 rings (SSSR count). The van der Waals surface area contributed by atoms with E-state index in [2.05, 4.69) is 15.7 Å². The molecule has 0 saturated carbocycles. The number of carbonyl (C=O) groups excluding carboxylic acids is 2. The maximum absolute atomic E-state index is 13.4. The molecule has 17 heteroatoms. The van der Waals surface area contributed by atoms with Crippen molar-refractivity contribution in [2.24, 2.45) is 0 Å². The van der Waals surface area contributed by atoms with Crippen LogP contribution in [-0.4, -0.2) is 49.0 Å². The smallest absolute Gasteiger partial charge is 0.416 e. The number of hydrogen-bond acceptors (Lipinski definition) is 5. The third-order valence-electron chi connectivity index (χ3n) is 6.27. The van der Waals surface area contributed by atoms with Crippen LogP contribution in [0.2, 0.25) is 5.02 Å². The molecule has 0 aliphatic heterocycles. The van der Waals surface area contributed by atoms with Gasteiger partial charge in [-0.3, -0.25) is 14.2 Å². The number of carbonyl (C=O) groups is 3. The van der Waals surface area contributed by atoms with Crippen LogP contribution in [0.4, 0.5) is 26.3 Å². The first-order chi connectivity index (χ1) is 20.3. The molecule has 0 saturated heterocycles. The number of amides is 2. The number of hydrogen-bond donors (Lipinski definition) is 3. The van der Waals surface area contributed by atoms with Crippen LogP contribution in [0, 0.1) is 0 Å². The van der Waals surface area contributed by atoms with Crippen molar-refractivity contribution >= 4 is 29.4 Å². The van der Waals surface area contributed by atoms with E-state index in [-0.39, 0.29) is 17.0 Å². The van der Waals surface area contributed by atoms with E-state index in [1.165, 1.54) is 44.2 Å². The second-order valence-electron chi connectivity index (χ2n) is 10.2. The summed E-state index contributed by atoms with van der Waals surface area (Å²) in [6.07, 6.45) is -11.5. The number of benzene rings is 2. The summed E-state index contributed by atoms with van der Waals surface area (Å²) in [5.74, 6) is -3.56. The lowest BCUT2D eigenvalue weighted by Gasteiger charge is -2.24. The van der Waals surface area contributed by atoms with Gasteiger partial charge in [0, 0.05) is 17.1 Å². The number of carboxylic acids is 1. The molecule has 1 unspecified atom stereocenters. The largest absolute Gasteiger partial charge is 0.480 e. The third kappa shape index (κ3) is 9.08. The van der Waals surface area contributed by atoms with Gasteiger partial charge in [-0.1, -0.05) is 23.7 Å². The normalized spacial score (nSPS) is 12.9. The molecule has 2 aromatic carbocycles. The predicted molar refractivity (Wildman–Crippen MR) is 144 cm³/mol. The van der Waals surface area contributed by atoms with Gasteiger partial charge in [-0.25, -0.2) is 14.3 Å². The molecule has 0 aliphatic carbocycles. The zero-order valence-electron chi connectivity index (χ0n) is 23.1. The van der Waals surface area contributed by atoms with Gasteiger partial charge in [0.1, 0.15) is 12.1 Å². The number of aromatic nitrogens is 3. The third-order valence-corrected chi connectivity index (χ3v) is 6.52. The number of alkyl halides is 6. The zero-order valence-corrected chi connectivity index (χ0v) is 23.8. The van der Waals surface area contributed by atoms with Crippen LogP contribution in [0.15, 0.2) is 53.3 Å². The fourth-order valence-corrected chi connectivity index (χ4v) is 4.12. The first-order valence-electron chi connectivity index (χ1n) is 12.8. The molecule has 3 N–H and O–H groups in total. The van der Waals surface area contributed by atoms with Crippen molar-refractivity contribution < 1.29 is 45.8 Å². The molecule has 1 atom stereocenters. The lowest BCUT2D eigenvalue weighted by Crippen LogP contribution is -2.50. The van der Waals surface area contributed by atoms with Crippen LogP contribution in [-0.2, 0) is 33.6 Å². The van der Waals surface area contributed by atoms with Crippen molar-refractivity contribution in [2.75, 3.05) is 0 Å². The van der Waals surface area contributed by atoms with Crippen molar-refractivity contribution in [3.8, 4) is 11.4 Å². The van der Waals surface area contributed by atoms with Gasteiger partial charge >= 0.3 is 24.0 Å². The van der Waals surface area contributed by atoms with Crippen molar-refractivity contribution in [3.63, 3.8) is 0 Å². The molecule has 2 amide bonds. The molecule has 0 fully saturated rings. The van der Waals surface area contributed by atoms with E-state index in [0.717, 1.165) is 16.7 Å². The van der Waals surface area contributed by atoms with Crippen molar-refractivity contribution in [1.82, 2.24) is 25.0 Å². The summed E-state index contributed by atoms with van der Waals surface area (Å²) in [4.78, 5) is 50.2. The molecule has 0 spiro atoms. The Morgan fingerprint density at radius 3 is 2.20 bits per heavy atom. The second-order valence-corrected chi connectivity index (χ2v) is 10.6. The van der Waals surface area contributed by atoms with Gasteiger partial charge in [-0.05, 0) is 55.8 Å². The van der Waals surface area contributed by atoms with Crippen LogP contribution in [0.25, 0.3) is 11.4 Å². The van der Waals surface area contributed by atoms with Crippen molar-refractivity contribution in [1.29, 1.82) is 0 Å². The van der Waals surface area contributed by atoms with Crippen LogP contribution < -0.4 is 16.3 Å². The summed E-state index contributed by atoms with van der Waals surface area (Å²) < 4.78 is 80.4. The van der Waals surface area contributed by atoms with E-state index in [9.17, 15) is 50.6 Å². The van der Waals surface area contributed by atoms with Gasteiger partial charge in [0.25, 0.3) is 0 Å². The summed E-state index contributed by atoms with van der Waals surface area (Å²) in [6.45, 7) is 0.639. The summed E-state index contributed by atoms with van der Waals surface area (Å²) >= 11 is 5.87. The maximum atomic E-state index is 13.4. The Balaban J connectivity index is 1.94. The fourth-order valence-electron chi connectivity index (χ4n) is 4.00. The molecular formula is C27H26ClF6N5O5. The van der Waals surface area contributed by atoms with Gasteiger partial charge in [-0.15, -0.1) is 5.10 Å². The van der Waals surface area contributed by atoms with Crippen LogP contribution >= 0.6 is 11.6 Å². The Kier molecular flexibility index (Phi) is 10.2. The Bertz CT molecular complexity index is 1580.